The second-order valence-electron chi connectivity index (χ2n) is 10.0. The number of alkyl carbamates (subject to hydrolysis) is 1. The fourth-order valence-electron chi connectivity index (χ4n) is 4.08. The number of nitrogens with one attached hydrogen (secondary N) is 1. The number of aromatic nitrogens is 3. The minimum atomic E-state index is -0.493. The molecule has 1 amide bonds. The molecular formula is C33H31N7O4S2. The number of hydrogen-bond donors (Lipinski definition) is 2. The van der Waals surface area contributed by atoms with Gasteiger partial charge in [-0.1, -0.05) is 42.5 Å². The number of anilines is 2. The van der Waals surface area contributed by atoms with Crippen molar-refractivity contribution in [2.24, 2.45) is 0 Å². The van der Waals surface area contributed by atoms with Gasteiger partial charge in [0.1, 0.15) is 36.2 Å². The van der Waals surface area contributed by atoms with Crippen molar-refractivity contribution in [2.45, 2.75) is 6.92 Å². The number of nitrogens with two attached hydrogens (primary N) is 1. The van der Waals surface area contributed by atoms with E-state index in [0.29, 0.717) is 41.5 Å². The number of amides is 1. The second-order valence-corrected chi connectivity index (χ2v) is 12.2. The van der Waals surface area contributed by atoms with Crippen molar-refractivity contribution < 1.29 is 18.7 Å². The average molecular weight is 654 g/mol. The summed E-state index contributed by atoms with van der Waals surface area (Å²) >= 11 is 3.22. The van der Waals surface area contributed by atoms with Crippen molar-refractivity contribution in [1.82, 2.24) is 20.3 Å². The Kier molecular flexibility index (Phi) is 10.4. The lowest BCUT2D eigenvalue weighted by molar-refractivity contribution is 0.150. The molecule has 0 aliphatic heterocycles. The number of rotatable bonds is 13. The number of carbonyl (C=O) groups is 1. The largest absolute Gasteiger partial charge is 0.459 e. The molecule has 11 nitrogen and oxygen atoms in total. The summed E-state index contributed by atoms with van der Waals surface area (Å²) in [5, 5.41) is 13.5. The van der Waals surface area contributed by atoms with Crippen LogP contribution in [0.25, 0.3) is 32.1 Å². The van der Waals surface area contributed by atoms with Gasteiger partial charge < -0.3 is 29.8 Å². The molecule has 0 fully saturated rings. The first-order valence-electron chi connectivity index (χ1n) is 14.1. The minimum Gasteiger partial charge on any atom is -0.459 e. The van der Waals surface area contributed by atoms with Crippen LogP contribution < -0.4 is 20.7 Å². The summed E-state index contributed by atoms with van der Waals surface area (Å²) < 4.78 is 18.9. The molecule has 0 aliphatic carbocycles. The zero-order valence-electron chi connectivity index (χ0n) is 25.2. The molecule has 0 atom stereocenters. The number of carbonyl (C=O) groups excluding carboxylic acids is 1. The van der Waals surface area contributed by atoms with Gasteiger partial charge in [0, 0.05) is 34.1 Å². The van der Waals surface area contributed by atoms with Gasteiger partial charge in [-0.05, 0) is 48.9 Å². The van der Waals surface area contributed by atoms with E-state index in [9.17, 15) is 10.1 Å². The Balaban J connectivity index is 1.07. The van der Waals surface area contributed by atoms with Crippen molar-refractivity contribution in [3.8, 4) is 12.1 Å². The molecule has 4 heterocycles. The van der Waals surface area contributed by atoms with E-state index in [1.165, 1.54) is 6.20 Å². The minimum absolute atomic E-state index is 0.188. The van der Waals surface area contributed by atoms with Crippen LogP contribution in [0.15, 0.2) is 89.0 Å². The zero-order valence-corrected chi connectivity index (χ0v) is 26.9. The summed E-state index contributed by atoms with van der Waals surface area (Å²) in [5.74, 6) is 0.636. The molecule has 0 aliphatic rings. The van der Waals surface area contributed by atoms with Crippen molar-refractivity contribution in [3.05, 3.63) is 95.4 Å². The molecule has 5 aromatic rings. The Morgan fingerprint density at radius 1 is 1.20 bits per heavy atom. The van der Waals surface area contributed by atoms with Gasteiger partial charge in [-0.2, -0.15) is 10.2 Å². The lowest BCUT2D eigenvalue weighted by Gasteiger charge is -2.16. The van der Waals surface area contributed by atoms with Crippen LogP contribution in [-0.2, 0) is 4.74 Å². The maximum atomic E-state index is 12.3. The quantitative estimate of drug-likeness (QED) is 0.102. The predicted molar refractivity (Wildman–Crippen MR) is 184 cm³/mol. The van der Waals surface area contributed by atoms with Crippen molar-refractivity contribution >= 4 is 71.7 Å². The first-order valence-corrected chi connectivity index (χ1v) is 15.8. The normalized spacial score (nSPS) is 12.2. The van der Waals surface area contributed by atoms with Gasteiger partial charge in [-0.3, -0.25) is 0 Å². The Bertz CT molecular complexity index is 1930. The number of thiophene rings is 2. The second kappa shape index (κ2) is 15.0. The number of likely N-dealkylation sites (N-methyl/N-ethyl adjacent to an activating group) is 1. The SMILES string of the molecule is C=C/C(=C\C=C(/C)CNC(=O)OCCN(C)c1cc2sc(/C=C(\C#N)c3nc4ccccc4o3)cc2s1)COc1nccc(N)n1. The highest BCUT2D eigenvalue weighted by Crippen LogP contribution is 2.38. The molecule has 5 rings (SSSR count). The lowest BCUT2D eigenvalue weighted by atomic mass is 10.2. The monoisotopic (exact) mass is 653 g/mol. The topological polar surface area (TPSA) is 152 Å². The van der Waals surface area contributed by atoms with Crippen LogP contribution in [-0.4, -0.2) is 54.4 Å². The molecule has 0 saturated carbocycles. The zero-order chi connectivity index (χ0) is 32.5. The average Bonchev–Trinajstić information content (AvgIpc) is 3.76. The third-order valence-electron chi connectivity index (χ3n) is 6.56. The summed E-state index contributed by atoms with van der Waals surface area (Å²) in [6.45, 7) is 7.01. The molecule has 0 saturated heterocycles. The van der Waals surface area contributed by atoms with Gasteiger partial charge in [0.15, 0.2) is 5.58 Å². The number of nitriles is 1. The lowest BCUT2D eigenvalue weighted by Crippen LogP contribution is -2.29. The first kappa shape index (κ1) is 32.0. The van der Waals surface area contributed by atoms with Crippen molar-refractivity contribution in [3.63, 3.8) is 0 Å². The van der Waals surface area contributed by atoms with E-state index < -0.39 is 6.09 Å². The molecule has 234 valence electrons. The fourth-order valence-corrected chi connectivity index (χ4v) is 6.41. The standard InChI is InChI=1S/C33H31N7O4S2/c1-4-22(20-43-32-36-12-11-29(35)39-32)10-9-21(2)19-37-33(41)42-14-13-40(3)30-17-28-27(46-30)16-24(45-28)15-23(18-34)31-38-25-7-5-6-8-26(25)44-31/h4-12,15-17H,1,13-14,19-20H2,2-3H3,(H,37,41)(H2,35,36,39)/b21-9+,22-10+,23-15+. The number of oxazole rings is 1. The number of fused-ring (bicyclic) bond motifs is 2. The molecule has 46 heavy (non-hydrogen) atoms. The molecular weight excluding hydrogens is 623 g/mol. The van der Waals surface area contributed by atoms with Crippen LogP contribution in [0, 0.1) is 11.3 Å². The highest BCUT2D eigenvalue weighted by molar-refractivity contribution is 7.30. The van der Waals surface area contributed by atoms with E-state index in [1.807, 2.05) is 55.3 Å². The van der Waals surface area contributed by atoms with Crippen LogP contribution in [0.1, 0.15) is 17.7 Å². The van der Waals surface area contributed by atoms with Gasteiger partial charge in [-0.25, -0.2) is 14.8 Å². The van der Waals surface area contributed by atoms with E-state index in [1.54, 1.807) is 40.9 Å². The number of nitrogens with zero attached hydrogens (tertiary/aromatic N) is 5. The van der Waals surface area contributed by atoms with Gasteiger partial charge >= 0.3 is 12.1 Å². The van der Waals surface area contributed by atoms with Gasteiger partial charge in [0.25, 0.3) is 0 Å². The maximum absolute atomic E-state index is 12.3. The van der Waals surface area contributed by atoms with Crippen LogP contribution >= 0.6 is 22.7 Å². The van der Waals surface area contributed by atoms with E-state index >= 15 is 0 Å². The highest BCUT2D eigenvalue weighted by Gasteiger charge is 2.14. The van der Waals surface area contributed by atoms with Crippen LogP contribution in [0.2, 0.25) is 0 Å². The van der Waals surface area contributed by atoms with E-state index in [-0.39, 0.29) is 19.2 Å². The van der Waals surface area contributed by atoms with Crippen molar-refractivity contribution in [1.29, 1.82) is 5.26 Å². The molecule has 0 spiro atoms. The molecule has 0 bridgehead atoms. The summed E-state index contributed by atoms with van der Waals surface area (Å²) in [6, 6.07) is 15.6. The van der Waals surface area contributed by atoms with Crippen LogP contribution in [0.4, 0.5) is 15.6 Å². The van der Waals surface area contributed by atoms with Crippen LogP contribution in [0.5, 0.6) is 6.01 Å². The smallest absolute Gasteiger partial charge is 0.407 e. The Morgan fingerprint density at radius 2 is 2.02 bits per heavy atom. The summed E-state index contributed by atoms with van der Waals surface area (Å²) in [6.07, 6.45) is 8.23. The van der Waals surface area contributed by atoms with E-state index in [2.05, 4.69) is 45.0 Å². The first-order chi connectivity index (χ1) is 22.3. The predicted octanol–water partition coefficient (Wildman–Crippen LogP) is 6.84. The third-order valence-corrected chi connectivity index (χ3v) is 8.91. The van der Waals surface area contributed by atoms with E-state index in [0.717, 1.165) is 30.4 Å². The molecule has 4 aromatic heterocycles. The molecule has 13 heteroatoms. The molecule has 3 N–H and O–H groups in total. The maximum Gasteiger partial charge on any atom is 0.407 e. The Morgan fingerprint density at radius 3 is 2.78 bits per heavy atom. The van der Waals surface area contributed by atoms with E-state index in [4.69, 9.17) is 19.6 Å². The Labute approximate surface area is 273 Å². The van der Waals surface area contributed by atoms with Crippen LogP contribution in [0.3, 0.4) is 0 Å². The van der Waals surface area contributed by atoms with Gasteiger partial charge in [0.05, 0.1) is 11.5 Å². The number of ether oxygens (including phenoxy) is 2. The third kappa shape index (κ3) is 8.38. The number of allylic oxidation sites excluding steroid dienone is 3. The van der Waals surface area contributed by atoms with Gasteiger partial charge in [0.2, 0.25) is 5.89 Å². The summed E-state index contributed by atoms with van der Waals surface area (Å²) in [7, 11) is 1.96. The van der Waals surface area contributed by atoms with Crippen molar-refractivity contribution in [2.75, 3.05) is 44.0 Å². The fraction of sp³-hybridized carbons (Fsp3) is 0.182. The molecule has 1 aromatic carbocycles. The molecule has 0 radical (unpaired) electrons. The molecule has 0 unspecified atom stereocenters. The number of para-hydroxylation sites is 2. The summed E-state index contributed by atoms with van der Waals surface area (Å²) in [5.41, 5.74) is 9.10. The van der Waals surface area contributed by atoms with Gasteiger partial charge in [-0.15, -0.1) is 22.7 Å². The number of benzene rings is 1. The number of hydrogen-bond acceptors (Lipinski definition) is 12. The summed E-state index contributed by atoms with van der Waals surface area (Å²) in [4.78, 5) is 27.7. The highest BCUT2D eigenvalue weighted by atomic mass is 32.1. The number of nitrogen functional groups attached to an aromatic ring is 1. The Hall–Kier alpha value is -5.45.